The fraction of sp³-hybridized carbons (Fsp3) is 0.517. The molecule has 40 heavy (non-hydrogen) atoms. The van der Waals surface area contributed by atoms with Crippen LogP contribution in [0.2, 0.25) is 0 Å². The maximum absolute atomic E-state index is 14.0. The third-order valence-corrected chi connectivity index (χ3v) is 8.45. The van der Waals surface area contributed by atoms with Crippen molar-refractivity contribution in [2.45, 2.75) is 69.6 Å². The van der Waals surface area contributed by atoms with Crippen LogP contribution in [0.5, 0.6) is 5.75 Å². The molecule has 216 valence electrons. The number of fused-ring (bicyclic) bond motifs is 3. The van der Waals surface area contributed by atoms with Gasteiger partial charge in [-0.1, -0.05) is 45.2 Å². The predicted molar refractivity (Wildman–Crippen MR) is 142 cm³/mol. The molecule has 11 heteroatoms. The Kier molecular flexibility index (Phi) is 7.83. The largest absolute Gasteiger partial charge is 0.510 e. The van der Waals surface area contributed by atoms with E-state index in [1.807, 2.05) is 6.92 Å². The Bertz CT molecular complexity index is 1330. The van der Waals surface area contributed by atoms with E-state index in [0.29, 0.717) is 18.4 Å². The van der Waals surface area contributed by atoms with Crippen LogP contribution in [-0.2, 0) is 19.1 Å². The van der Waals surface area contributed by atoms with Crippen molar-refractivity contribution in [3.8, 4) is 5.75 Å². The number of benzene rings is 1. The van der Waals surface area contributed by atoms with E-state index < -0.39 is 76.0 Å². The number of amides is 1. The quantitative estimate of drug-likeness (QED) is 0.180. The minimum absolute atomic E-state index is 0.0693. The van der Waals surface area contributed by atoms with Crippen LogP contribution in [0.4, 0.5) is 0 Å². The van der Waals surface area contributed by atoms with Crippen molar-refractivity contribution >= 4 is 23.4 Å². The van der Waals surface area contributed by atoms with Gasteiger partial charge in [0.2, 0.25) is 5.78 Å². The number of carbonyl (C=O) groups is 4. The first-order valence-electron chi connectivity index (χ1n) is 13.5. The number of nitrogens with zero attached hydrogens (tertiary/aromatic N) is 1. The van der Waals surface area contributed by atoms with Crippen molar-refractivity contribution in [1.29, 1.82) is 0 Å². The number of hydrogen-bond donors (Lipinski definition) is 5. The molecule has 0 radical (unpaired) electrons. The number of ketones is 2. The average Bonchev–Trinajstić information content (AvgIpc) is 2.89. The first-order chi connectivity index (χ1) is 18.8. The lowest BCUT2D eigenvalue weighted by Crippen LogP contribution is -2.69. The highest BCUT2D eigenvalue weighted by atomic mass is 16.5. The fourth-order valence-corrected chi connectivity index (χ4v) is 6.70. The molecule has 0 fully saturated rings. The summed E-state index contributed by atoms with van der Waals surface area (Å²) in [7, 11) is 3.03. The molecule has 3 aliphatic rings. The number of Topliss-reactive ketones (excluding diaryl/α,β-unsaturated/α-hetero) is 2. The number of likely N-dealkylation sites (N-methyl/N-ethyl adjacent to an activating group) is 1. The molecule has 1 aromatic rings. The molecule has 6 atom stereocenters. The van der Waals surface area contributed by atoms with Gasteiger partial charge in [0.15, 0.2) is 11.4 Å². The maximum atomic E-state index is 14.0. The minimum Gasteiger partial charge on any atom is -0.510 e. The van der Waals surface area contributed by atoms with E-state index in [-0.39, 0.29) is 23.3 Å². The number of rotatable bonds is 8. The molecule has 0 heterocycles. The van der Waals surface area contributed by atoms with Crippen molar-refractivity contribution in [1.82, 2.24) is 4.90 Å². The zero-order valence-corrected chi connectivity index (χ0v) is 23.0. The number of aliphatic hydroxyl groups is 3. The van der Waals surface area contributed by atoms with E-state index in [9.17, 15) is 39.6 Å². The zero-order chi connectivity index (χ0) is 29.7. The van der Waals surface area contributed by atoms with Crippen LogP contribution in [0, 0.1) is 11.8 Å². The summed E-state index contributed by atoms with van der Waals surface area (Å²) >= 11 is 0. The number of hydrogen-bond acceptors (Lipinski definition) is 10. The summed E-state index contributed by atoms with van der Waals surface area (Å²) in [5.41, 5.74) is 1.59. The van der Waals surface area contributed by atoms with Crippen molar-refractivity contribution in [3.63, 3.8) is 0 Å². The monoisotopic (exact) mass is 556 g/mol. The van der Waals surface area contributed by atoms with Crippen LogP contribution in [0.3, 0.4) is 0 Å². The summed E-state index contributed by atoms with van der Waals surface area (Å²) < 4.78 is 5.91. The van der Waals surface area contributed by atoms with E-state index in [0.717, 1.165) is 12.8 Å². The Morgan fingerprint density at radius 3 is 2.35 bits per heavy atom. The molecular formula is C29H36N2O9. The molecule has 0 unspecified atom stereocenters. The smallest absolute Gasteiger partial charge is 0.305 e. The summed E-state index contributed by atoms with van der Waals surface area (Å²) in [5.74, 6) is -9.44. The average molecular weight is 557 g/mol. The van der Waals surface area contributed by atoms with E-state index in [4.69, 9.17) is 10.5 Å². The molecular weight excluding hydrogens is 520 g/mol. The highest BCUT2D eigenvalue weighted by Crippen LogP contribution is 2.57. The predicted octanol–water partition coefficient (Wildman–Crippen LogP) is 2.17. The SMILES string of the molecule is CCCCC[C@@H]1c2cccc(O)c2C(=O)C2=C(O)[C@@]3(O)C(=O)C(C(N)=O)=C(O)[C@H](N(C)C)[C@H]3[C@H](OC(=O)CC)[C@H]21. The highest BCUT2D eigenvalue weighted by molar-refractivity contribution is 6.25. The van der Waals surface area contributed by atoms with Gasteiger partial charge >= 0.3 is 5.97 Å². The summed E-state index contributed by atoms with van der Waals surface area (Å²) in [5, 5.41) is 45.6. The first kappa shape index (κ1) is 29.3. The number of esters is 1. The molecule has 0 saturated heterocycles. The molecule has 0 spiro atoms. The standard InChI is InChI=1S/C29H36N2O9/c1-5-7-8-10-14-13-11-9-12-15(32)17(13)23(34)19-18(14)25(40-16(33)6-2)21-22(31(3)4)24(35)20(28(30)38)27(37)29(21,39)26(19)36/h9,11-12,14,18,21-22,25,32,35-36,39H,5-8,10H2,1-4H3,(H2,30,38)/t14-,18+,21+,22-,25-,29-/m1/s1. The maximum Gasteiger partial charge on any atom is 0.305 e. The van der Waals surface area contributed by atoms with Crippen molar-refractivity contribution in [3.05, 3.63) is 52.0 Å². The molecule has 6 N–H and O–H groups in total. The normalized spacial score (nSPS) is 29.7. The van der Waals surface area contributed by atoms with Crippen LogP contribution in [0.1, 0.15) is 67.8 Å². The van der Waals surface area contributed by atoms with Crippen LogP contribution in [0.25, 0.3) is 0 Å². The lowest BCUT2D eigenvalue weighted by molar-refractivity contribution is -0.181. The number of phenols is 1. The number of aromatic hydroxyl groups is 1. The highest BCUT2D eigenvalue weighted by Gasteiger charge is 2.68. The number of phenolic OH excluding ortho intramolecular Hbond substituents is 1. The van der Waals surface area contributed by atoms with Gasteiger partial charge < -0.3 is 30.9 Å². The molecule has 3 aliphatic carbocycles. The van der Waals surface area contributed by atoms with Crippen LogP contribution >= 0.6 is 0 Å². The number of carbonyl (C=O) groups excluding carboxylic acids is 4. The Morgan fingerprint density at radius 2 is 1.77 bits per heavy atom. The van der Waals surface area contributed by atoms with Gasteiger partial charge in [-0.3, -0.25) is 24.1 Å². The molecule has 1 amide bonds. The Morgan fingerprint density at radius 1 is 1.10 bits per heavy atom. The van der Waals surface area contributed by atoms with Gasteiger partial charge in [0.1, 0.15) is 28.9 Å². The second kappa shape index (κ2) is 10.7. The Labute approximate surface area is 231 Å². The van der Waals surface area contributed by atoms with Gasteiger partial charge in [0, 0.05) is 17.9 Å². The molecule has 4 rings (SSSR count). The number of primary amides is 1. The van der Waals surface area contributed by atoms with Gasteiger partial charge in [-0.05, 0) is 38.1 Å². The minimum atomic E-state index is -2.94. The Hall–Kier alpha value is -3.70. The number of nitrogens with two attached hydrogens (primary N) is 1. The lowest BCUT2D eigenvalue weighted by Gasteiger charge is -2.54. The van der Waals surface area contributed by atoms with Crippen LogP contribution < -0.4 is 5.73 Å². The Balaban J connectivity index is 2.10. The van der Waals surface area contributed by atoms with Gasteiger partial charge in [-0.15, -0.1) is 0 Å². The summed E-state index contributed by atoms with van der Waals surface area (Å²) in [6.07, 6.45) is 1.44. The molecule has 11 nitrogen and oxygen atoms in total. The molecule has 0 aromatic heterocycles. The summed E-state index contributed by atoms with van der Waals surface area (Å²) in [6.45, 7) is 3.58. The topological polar surface area (TPSA) is 188 Å². The van der Waals surface area contributed by atoms with E-state index in [1.165, 1.54) is 25.1 Å². The number of ether oxygens (including phenoxy) is 1. The van der Waals surface area contributed by atoms with Gasteiger partial charge in [-0.25, -0.2) is 0 Å². The van der Waals surface area contributed by atoms with E-state index in [1.54, 1.807) is 19.1 Å². The second-order valence-corrected chi connectivity index (χ2v) is 10.9. The first-order valence-corrected chi connectivity index (χ1v) is 13.5. The van der Waals surface area contributed by atoms with Crippen LogP contribution in [-0.4, -0.2) is 80.6 Å². The van der Waals surface area contributed by atoms with Gasteiger partial charge in [-0.2, -0.15) is 0 Å². The fourth-order valence-electron chi connectivity index (χ4n) is 6.70. The number of unbranched alkanes of at least 4 members (excludes halogenated alkanes) is 2. The summed E-state index contributed by atoms with van der Waals surface area (Å²) in [6, 6.07) is 3.30. The van der Waals surface area contributed by atoms with Crippen LogP contribution in [0.15, 0.2) is 40.9 Å². The lowest BCUT2D eigenvalue weighted by atomic mass is 9.54. The van der Waals surface area contributed by atoms with E-state index in [2.05, 4.69) is 0 Å². The zero-order valence-electron chi connectivity index (χ0n) is 23.0. The summed E-state index contributed by atoms with van der Waals surface area (Å²) in [4.78, 5) is 54.2. The molecule has 1 aromatic carbocycles. The third kappa shape index (κ3) is 4.19. The van der Waals surface area contributed by atoms with Crippen molar-refractivity contribution in [2.24, 2.45) is 17.6 Å². The molecule has 0 bridgehead atoms. The van der Waals surface area contributed by atoms with Gasteiger partial charge in [0.05, 0.1) is 17.5 Å². The van der Waals surface area contributed by atoms with Gasteiger partial charge in [0.25, 0.3) is 5.91 Å². The third-order valence-electron chi connectivity index (χ3n) is 8.45. The second-order valence-electron chi connectivity index (χ2n) is 10.9. The molecule has 0 aliphatic heterocycles. The molecule has 0 saturated carbocycles. The van der Waals surface area contributed by atoms with Crippen molar-refractivity contribution < 1.29 is 44.3 Å². The number of aliphatic hydroxyl groups excluding tert-OH is 2. The van der Waals surface area contributed by atoms with E-state index >= 15 is 0 Å². The van der Waals surface area contributed by atoms with Crippen molar-refractivity contribution in [2.75, 3.05) is 14.1 Å².